The van der Waals surface area contributed by atoms with Crippen LogP contribution >= 0.6 is 23.2 Å². The molecule has 1 atom stereocenters. The molecule has 0 spiro atoms. The van der Waals surface area contributed by atoms with Crippen molar-refractivity contribution < 1.29 is 4.52 Å². The third-order valence-electron chi connectivity index (χ3n) is 9.34. The second-order valence-electron chi connectivity index (χ2n) is 12.4. The number of aryl methyl sites for hydroxylation is 1. The monoisotopic (exact) mass is 582 g/mol. The van der Waals surface area contributed by atoms with E-state index in [1.165, 1.54) is 42.5 Å². The summed E-state index contributed by atoms with van der Waals surface area (Å²) in [4.78, 5) is 2.52. The first-order valence-electron chi connectivity index (χ1n) is 15.5. The van der Waals surface area contributed by atoms with Gasteiger partial charge in [0.25, 0.3) is 0 Å². The maximum atomic E-state index is 6.57. The predicted molar refractivity (Wildman–Crippen MR) is 172 cm³/mol. The molecule has 2 aromatic carbocycles. The molecule has 0 saturated heterocycles. The van der Waals surface area contributed by atoms with E-state index in [1.807, 2.05) is 18.2 Å². The number of anilines is 1. The Morgan fingerprint density at radius 2 is 1.65 bits per heavy atom. The summed E-state index contributed by atoms with van der Waals surface area (Å²) in [6.45, 7) is 13.8. The van der Waals surface area contributed by atoms with E-state index in [1.54, 1.807) is 0 Å². The summed E-state index contributed by atoms with van der Waals surface area (Å²) in [6.07, 6.45) is 11.7. The third kappa shape index (κ3) is 7.26. The van der Waals surface area contributed by atoms with Crippen LogP contribution in [0.2, 0.25) is 10.0 Å². The zero-order valence-electron chi connectivity index (χ0n) is 25.2. The van der Waals surface area contributed by atoms with Crippen molar-refractivity contribution in [1.29, 1.82) is 0 Å². The summed E-state index contributed by atoms with van der Waals surface area (Å²) in [5.74, 6) is 2.36. The Labute approximate surface area is 252 Å². The molecule has 4 rings (SSSR count). The van der Waals surface area contributed by atoms with Gasteiger partial charge >= 0.3 is 0 Å². The number of halogens is 2. The van der Waals surface area contributed by atoms with E-state index < -0.39 is 0 Å². The summed E-state index contributed by atoms with van der Waals surface area (Å²) >= 11 is 13.1. The average Bonchev–Trinajstić information content (AvgIpc) is 3.63. The summed E-state index contributed by atoms with van der Waals surface area (Å²) in [5.41, 5.74) is 5.84. The van der Waals surface area contributed by atoms with Crippen LogP contribution < -0.4 is 4.90 Å². The fraction of sp³-hybridized carbons (Fsp3) is 0.571. The SMILES string of the molecule is CCCCc1onc(-c2c(Cl)cccc2Cl)c1CCC(C)CCN(CC)c1ccc(C(C)(C)C2CCCC2)cc1. The third-order valence-corrected chi connectivity index (χ3v) is 9.97. The number of nitrogens with zero attached hydrogens (tertiary/aromatic N) is 2. The molecule has 1 saturated carbocycles. The minimum atomic E-state index is 0.256. The first kappa shape index (κ1) is 31.0. The van der Waals surface area contributed by atoms with Crippen LogP contribution in [0.1, 0.15) is 103 Å². The Morgan fingerprint density at radius 1 is 0.975 bits per heavy atom. The van der Waals surface area contributed by atoms with E-state index in [-0.39, 0.29) is 5.41 Å². The van der Waals surface area contributed by atoms with Gasteiger partial charge in [-0.3, -0.25) is 0 Å². The lowest BCUT2D eigenvalue weighted by Crippen LogP contribution is -2.28. The van der Waals surface area contributed by atoms with Crippen molar-refractivity contribution in [1.82, 2.24) is 5.16 Å². The fourth-order valence-electron chi connectivity index (χ4n) is 6.42. The second kappa shape index (κ2) is 14.3. The molecule has 1 heterocycles. The maximum absolute atomic E-state index is 6.57. The highest BCUT2D eigenvalue weighted by Crippen LogP contribution is 2.42. The Bertz CT molecular complexity index is 1190. The van der Waals surface area contributed by atoms with Crippen LogP contribution in [0, 0.1) is 11.8 Å². The molecule has 1 aliphatic carbocycles. The summed E-state index contributed by atoms with van der Waals surface area (Å²) in [7, 11) is 0. The average molecular weight is 584 g/mol. The smallest absolute Gasteiger partial charge is 0.140 e. The normalized spacial score (nSPS) is 15.1. The maximum Gasteiger partial charge on any atom is 0.140 e. The van der Waals surface area contributed by atoms with E-state index >= 15 is 0 Å². The van der Waals surface area contributed by atoms with Crippen molar-refractivity contribution in [2.45, 2.75) is 104 Å². The van der Waals surface area contributed by atoms with Gasteiger partial charge in [-0.1, -0.05) is 93.5 Å². The molecule has 0 radical (unpaired) electrons. The largest absolute Gasteiger partial charge is 0.372 e. The van der Waals surface area contributed by atoms with Crippen LogP contribution in [-0.4, -0.2) is 18.2 Å². The molecule has 0 N–H and O–H groups in total. The molecule has 1 fully saturated rings. The Kier molecular flexibility index (Phi) is 11.1. The molecule has 0 amide bonds. The lowest BCUT2D eigenvalue weighted by molar-refractivity contribution is 0.325. The molecule has 3 aromatic rings. The lowest BCUT2D eigenvalue weighted by Gasteiger charge is -2.33. The number of rotatable bonds is 14. The standard InChI is InChI=1S/C35H48Cl2N2O/c1-6-8-16-32-29(34(38-40-32)33-30(36)14-11-15-31(33)37)22-17-25(3)23-24-39(7-2)28-20-18-27(19-21-28)35(4,5)26-12-9-10-13-26/h11,14-15,18-21,25-26H,6-10,12-13,16-17,22-24H2,1-5H3. The summed E-state index contributed by atoms with van der Waals surface area (Å²) in [6, 6.07) is 15.1. The van der Waals surface area contributed by atoms with Gasteiger partial charge in [-0.2, -0.15) is 0 Å². The highest BCUT2D eigenvalue weighted by molar-refractivity contribution is 6.39. The highest BCUT2D eigenvalue weighted by Gasteiger charge is 2.33. The molecule has 0 bridgehead atoms. The first-order chi connectivity index (χ1) is 19.3. The van der Waals surface area contributed by atoms with Crippen molar-refractivity contribution in [3.63, 3.8) is 0 Å². The topological polar surface area (TPSA) is 29.3 Å². The van der Waals surface area contributed by atoms with Gasteiger partial charge in [-0.25, -0.2) is 0 Å². The molecule has 218 valence electrons. The van der Waals surface area contributed by atoms with Crippen molar-refractivity contribution in [2.24, 2.45) is 11.8 Å². The van der Waals surface area contributed by atoms with Crippen LogP contribution in [0.3, 0.4) is 0 Å². The van der Waals surface area contributed by atoms with Gasteiger partial charge in [-0.05, 0) is 92.5 Å². The minimum absolute atomic E-state index is 0.256. The number of benzene rings is 2. The van der Waals surface area contributed by atoms with Crippen molar-refractivity contribution in [2.75, 3.05) is 18.0 Å². The second-order valence-corrected chi connectivity index (χ2v) is 13.2. The number of hydrogen-bond donors (Lipinski definition) is 0. The molecule has 0 aliphatic heterocycles. The van der Waals surface area contributed by atoms with Crippen molar-refractivity contribution in [3.8, 4) is 11.3 Å². The molecule has 40 heavy (non-hydrogen) atoms. The van der Waals surface area contributed by atoms with Gasteiger partial charge < -0.3 is 9.42 Å². The van der Waals surface area contributed by atoms with E-state index in [2.05, 4.69) is 68.9 Å². The lowest BCUT2D eigenvalue weighted by atomic mass is 9.72. The minimum Gasteiger partial charge on any atom is -0.372 e. The Hall–Kier alpha value is -1.97. The van der Waals surface area contributed by atoms with Gasteiger partial charge in [0, 0.05) is 36.3 Å². The van der Waals surface area contributed by atoms with Crippen LogP contribution in [0.25, 0.3) is 11.3 Å². The van der Waals surface area contributed by atoms with Gasteiger partial charge in [0.15, 0.2) is 0 Å². The van der Waals surface area contributed by atoms with Crippen molar-refractivity contribution >= 4 is 28.9 Å². The van der Waals surface area contributed by atoms with Gasteiger partial charge in [0.05, 0.1) is 10.0 Å². The van der Waals surface area contributed by atoms with Crippen LogP contribution in [0.4, 0.5) is 5.69 Å². The van der Waals surface area contributed by atoms with Gasteiger partial charge in [0.2, 0.25) is 0 Å². The van der Waals surface area contributed by atoms with Crippen LogP contribution in [-0.2, 0) is 18.3 Å². The molecule has 3 nitrogen and oxygen atoms in total. The molecule has 1 aromatic heterocycles. The fourth-order valence-corrected chi connectivity index (χ4v) is 7.00. The van der Waals surface area contributed by atoms with E-state index in [9.17, 15) is 0 Å². The van der Waals surface area contributed by atoms with E-state index in [4.69, 9.17) is 27.7 Å². The van der Waals surface area contributed by atoms with Crippen LogP contribution in [0.5, 0.6) is 0 Å². The summed E-state index contributed by atoms with van der Waals surface area (Å²) in [5, 5.41) is 5.70. The molecular formula is C35H48Cl2N2O. The van der Waals surface area contributed by atoms with Crippen molar-refractivity contribution in [3.05, 3.63) is 69.4 Å². The highest BCUT2D eigenvalue weighted by atomic mass is 35.5. The van der Waals surface area contributed by atoms with Gasteiger partial charge in [0.1, 0.15) is 11.5 Å². The van der Waals surface area contributed by atoms with Gasteiger partial charge in [-0.15, -0.1) is 0 Å². The quantitative estimate of drug-likeness (QED) is 0.189. The number of aromatic nitrogens is 1. The molecular weight excluding hydrogens is 535 g/mol. The zero-order chi connectivity index (χ0) is 28.7. The summed E-state index contributed by atoms with van der Waals surface area (Å²) < 4.78 is 5.86. The van der Waals surface area contributed by atoms with E-state index in [0.717, 1.165) is 74.5 Å². The Balaban J connectivity index is 1.39. The van der Waals surface area contributed by atoms with E-state index in [0.29, 0.717) is 16.0 Å². The Morgan fingerprint density at radius 3 is 2.27 bits per heavy atom. The number of hydrogen-bond acceptors (Lipinski definition) is 3. The zero-order valence-corrected chi connectivity index (χ0v) is 26.8. The molecule has 5 heteroatoms. The number of unbranched alkanes of at least 4 members (excludes halogenated alkanes) is 1. The predicted octanol–water partition coefficient (Wildman–Crippen LogP) is 10.9. The molecule has 1 unspecified atom stereocenters. The first-order valence-corrected chi connectivity index (χ1v) is 16.3. The van der Waals surface area contributed by atoms with Crippen LogP contribution in [0.15, 0.2) is 47.0 Å². The molecule has 1 aliphatic rings.